The summed E-state index contributed by atoms with van der Waals surface area (Å²) in [5.41, 5.74) is 3.09. The van der Waals surface area contributed by atoms with Crippen molar-refractivity contribution in [2.24, 2.45) is 0 Å². The number of nitrogens with zero attached hydrogens (tertiary/aromatic N) is 3. The van der Waals surface area contributed by atoms with E-state index in [4.69, 9.17) is 4.74 Å². The van der Waals surface area contributed by atoms with Gasteiger partial charge in [-0.15, -0.1) is 0 Å². The van der Waals surface area contributed by atoms with Crippen LogP contribution in [0.2, 0.25) is 0 Å². The Morgan fingerprint density at radius 1 is 1.14 bits per heavy atom. The Morgan fingerprint density at radius 3 is 2.69 bits per heavy atom. The fourth-order valence-electron chi connectivity index (χ4n) is 3.50. The highest BCUT2D eigenvalue weighted by atomic mass is 16.5. The summed E-state index contributed by atoms with van der Waals surface area (Å²) in [5.74, 6) is 1.04. The number of carbonyl (C=O) groups is 1. The average molecular weight is 389 g/mol. The van der Waals surface area contributed by atoms with Crippen molar-refractivity contribution in [2.45, 2.75) is 26.8 Å². The minimum atomic E-state index is -0.221. The second kappa shape index (κ2) is 7.91. The van der Waals surface area contributed by atoms with Crippen LogP contribution in [0.3, 0.4) is 0 Å². The number of fused-ring (bicyclic) bond motifs is 1. The number of aryl methyl sites for hydroxylation is 2. The molecule has 0 bridgehead atoms. The molecule has 0 aliphatic carbocycles. The van der Waals surface area contributed by atoms with E-state index in [1.807, 2.05) is 62.4 Å². The molecule has 0 N–H and O–H groups in total. The number of amides is 1. The van der Waals surface area contributed by atoms with Crippen LogP contribution in [0.4, 0.5) is 5.69 Å². The Hall–Kier alpha value is -3.41. The van der Waals surface area contributed by atoms with Gasteiger partial charge in [-0.25, -0.2) is 4.98 Å². The molecule has 0 saturated carbocycles. The fourth-order valence-corrected chi connectivity index (χ4v) is 3.50. The second-order valence-electron chi connectivity index (χ2n) is 7.08. The number of benzene rings is 2. The molecule has 0 radical (unpaired) electrons. The monoisotopic (exact) mass is 389 g/mol. The van der Waals surface area contributed by atoms with Crippen molar-refractivity contribution in [3.8, 4) is 17.1 Å². The van der Waals surface area contributed by atoms with Crippen LogP contribution < -0.4 is 15.2 Å². The summed E-state index contributed by atoms with van der Waals surface area (Å²) in [6, 6.07) is 16.8. The van der Waals surface area contributed by atoms with Gasteiger partial charge in [-0.3, -0.25) is 14.2 Å². The van der Waals surface area contributed by atoms with E-state index >= 15 is 0 Å². The molecule has 1 aliphatic rings. The summed E-state index contributed by atoms with van der Waals surface area (Å²) in [4.78, 5) is 32.4. The third-order valence-corrected chi connectivity index (χ3v) is 5.03. The van der Waals surface area contributed by atoms with Gasteiger partial charge in [-0.1, -0.05) is 43.3 Å². The number of anilines is 1. The maximum Gasteiger partial charge on any atom is 0.254 e. The minimum Gasteiger partial charge on any atom is -0.490 e. The van der Waals surface area contributed by atoms with Crippen LogP contribution in [0.1, 0.15) is 18.2 Å². The van der Waals surface area contributed by atoms with Gasteiger partial charge in [0.2, 0.25) is 5.91 Å². The molecular weight excluding hydrogens is 366 g/mol. The molecule has 1 aliphatic heterocycles. The summed E-state index contributed by atoms with van der Waals surface area (Å²) in [7, 11) is 0. The molecule has 2 aromatic carbocycles. The Labute approximate surface area is 169 Å². The molecule has 148 valence electrons. The van der Waals surface area contributed by atoms with Crippen LogP contribution in [0.25, 0.3) is 11.4 Å². The molecular formula is C23H23N3O3. The van der Waals surface area contributed by atoms with Gasteiger partial charge in [0.1, 0.15) is 24.7 Å². The Kier molecular flexibility index (Phi) is 5.16. The second-order valence-corrected chi connectivity index (χ2v) is 7.08. The first-order valence-electron chi connectivity index (χ1n) is 9.77. The lowest BCUT2D eigenvalue weighted by Crippen LogP contribution is -2.41. The van der Waals surface area contributed by atoms with Gasteiger partial charge in [-0.05, 0) is 31.0 Å². The molecule has 0 fully saturated rings. The zero-order valence-electron chi connectivity index (χ0n) is 16.6. The Balaban J connectivity index is 1.73. The normalized spacial score (nSPS) is 13.0. The number of hydrogen-bond acceptors (Lipinski definition) is 4. The van der Waals surface area contributed by atoms with Crippen LogP contribution in [0.15, 0.2) is 59.4 Å². The molecule has 3 aromatic rings. The van der Waals surface area contributed by atoms with Crippen LogP contribution in [0, 0.1) is 6.92 Å². The van der Waals surface area contributed by atoms with Crippen LogP contribution in [-0.4, -0.2) is 28.6 Å². The van der Waals surface area contributed by atoms with Crippen molar-refractivity contribution in [1.82, 2.24) is 9.55 Å². The lowest BCUT2D eigenvalue weighted by molar-refractivity contribution is -0.119. The van der Waals surface area contributed by atoms with Gasteiger partial charge in [0, 0.05) is 17.3 Å². The van der Waals surface area contributed by atoms with E-state index in [-0.39, 0.29) is 18.0 Å². The predicted octanol–water partition coefficient (Wildman–Crippen LogP) is 3.21. The number of hydrogen-bond donors (Lipinski definition) is 0. The zero-order chi connectivity index (χ0) is 20.4. The van der Waals surface area contributed by atoms with E-state index in [1.165, 1.54) is 10.6 Å². The third kappa shape index (κ3) is 3.78. The largest absolute Gasteiger partial charge is 0.490 e. The molecule has 1 aromatic heterocycles. The van der Waals surface area contributed by atoms with E-state index in [1.54, 1.807) is 4.90 Å². The summed E-state index contributed by atoms with van der Waals surface area (Å²) < 4.78 is 7.14. The quantitative estimate of drug-likeness (QED) is 0.687. The van der Waals surface area contributed by atoms with Gasteiger partial charge in [0.25, 0.3) is 5.56 Å². The van der Waals surface area contributed by atoms with Gasteiger partial charge < -0.3 is 9.64 Å². The molecule has 0 saturated heterocycles. The van der Waals surface area contributed by atoms with Gasteiger partial charge in [0.05, 0.1) is 12.2 Å². The summed E-state index contributed by atoms with van der Waals surface area (Å²) in [6.45, 7) is 4.73. The van der Waals surface area contributed by atoms with Crippen LogP contribution >= 0.6 is 0 Å². The number of carbonyl (C=O) groups excluding carboxylic acids is 1. The van der Waals surface area contributed by atoms with E-state index < -0.39 is 0 Å². The first-order valence-corrected chi connectivity index (χ1v) is 9.77. The molecule has 6 nitrogen and oxygen atoms in total. The maximum atomic E-state index is 13.2. The van der Waals surface area contributed by atoms with Gasteiger partial charge in [-0.2, -0.15) is 0 Å². The lowest BCUT2D eigenvalue weighted by Gasteiger charge is -2.30. The van der Waals surface area contributed by atoms with Gasteiger partial charge >= 0.3 is 0 Å². The van der Waals surface area contributed by atoms with Crippen molar-refractivity contribution < 1.29 is 9.53 Å². The number of aromatic nitrogens is 2. The lowest BCUT2D eigenvalue weighted by atomic mass is 10.1. The first-order chi connectivity index (χ1) is 14.1. The molecule has 6 heteroatoms. The highest BCUT2D eigenvalue weighted by molar-refractivity contribution is 5.95. The van der Waals surface area contributed by atoms with E-state index in [0.717, 1.165) is 16.8 Å². The maximum absolute atomic E-state index is 13.2. The molecule has 0 spiro atoms. The zero-order valence-corrected chi connectivity index (χ0v) is 16.6. The third-order valence-electron chi connectivity index (χ3n) is 5.03. The van der Waals surface area contributed by atoms with E-state index in [0.29, 0.717) is 36.8 Å². The van der Waals surface area contributed by atoms with Crippen LogP contribution in [-0.2, 0) is 17.8 Å². The topological polar surface area (TPSA) is 64.4 Å². The van der Waals surface area contributed by atoms with Crippen molar-refractivity contribution >= 4 is 11.6 Å². The molecule has 29 heavy (non-hydrogen) atoms. The first kappa shape index (κ1) is 18.9. The summed E-state index contributed by atoms with van der Waals surface area (Å²) in [5, 5.41) is 0. The van der Waals surface area contributed by atoms with Crippen molar-refractivity contribution in [3.05, 3.63) is 76.2 Å². The highest BCUT2D eigenvalue weighted by Gasteiger charge is 2.25. The number of rotatable bonds is 4. The smallest absolute Gasteiger partial charge is 0.254 e. The predicted molar refractivity (Wildman–Crippen MR) is 112 cm³/mol. The van der Waals surface area contributed by atoms with Crippen molar-refractivity contribution in [3.63, 3.8) is 0 Å². The Morgan fingerprint density at radius 2 is 1.93 bits per heavy atom. The highest BCUT2D eigenvalue weighted by Crippen LogP contribution is 2.32. The average Bonchev–Trinajstić information content (AvgIpc) is 2.75. The molecule has 4 rings (SSSR count). The van der Waals surface area contributed by atoms with Crippen LogP contribution in [0.5, 0.6) is 5.75 Å². The standard InChI is InChI=1S/C23H23N3O3/c1-3-18-14-21(27)26(23(24-18)17-7-5-4-6-8-17)15-22(28)25-11-12-29-20-10-9-16(2)13-19(20)25/h4-10,13-14H,3,11-12,15H2,1-2H3. The molecule has 0 unspecified atom stereocenters. The fraction of sp³-hybridized carbons (Fsp3) is 0.261. The SMILES string of the molecule is CCc1cc(=O)n(CC(=O)N2CCOc3ccc(C)cc32)c(-c2ccccc2)n1. The van der Waals surface area contributed by atoms with Crippen molar-refractivity contribution in [2.75, 3.05) is 18.1 Å². The molecule has 0 atom stereocenters. The summed E-state index contributed by atoms with van der Waals surface area (Å²) in [6.07, 6.45) is 0.653. The van der Waals surface area contributed by atoms with Gasteiger partial charge in [0.15, 0.2) is 0 Å². The number of ether oxygens (including phenoxy) is 1. The van der Waals surface area contributed by atoms with E-state index in [9.17, 15) is 9.59 Å². The summed E-state index contributed by atoms with van der Waals surface area (Å²) >= 11 is 0. The minimum absolute atomic E-state index is 0.0760. The van der Waals surface area contributed by atoms with Crippen molar-refractivity contribution in [1.29, 1.82) is 0 Å². The Bertz CT molecular complexity index is 1110. The van der Waals surface area contributed by atoms with E-state index in [2.05, 4.69) is 4.98 Å². The molecule has 2 heterocycles. The molecule has 1 amide bonds.